The predicted octanol–water partition coefficient (Wildman–Crippen LogP) is 10.1. The molecule has 5 N–H and O–H groups in total. The second kappa shape index (κ2) is 10.2. The molecule has 0 aromatic heterocycles. The second-order valence-electron chi connectivity index (χ2n) is 11.8. The first-order valence-corrected chi connectivity index (χ1v) is 15.0. The topological polar surface area (TPSA) is 101 Å². The Balaban J connectivity index is 1.51. The minimum absolute atomic E-state index is 0.185. The van der Waals surface area contributed by atoms with Gasteiger partial charge in [0.05, 0.1) is 5.56 Å². The van der Waals surface area contributed by atoms with E-state index >= 15 is 0 Å². The van der Waals surface area contributed by atoms with E-state index in [9.17, 15) is 25.5 Å². The highest BCUT2D eigenvalue weighted by atomic mass is 16.4. The van der Waals surface area contributed by atoms with Crippen molar-refractivity contribution in [1.82, 2.24) is 0 Å². The molecule has 46 heavy (non-hydrogen) atoms. The van der Waals surface area contributed by atoms with Crippen molar-refractivity contribution in [2.45, 2.75) is 6.92 Å². The number of hydrogen-bond donors (Lipinski definition) is 5. The lowest BCUT2D eigenvalue weighted by molar-refractivity contribution is 0.330. The van der Waals surface area contributed by atoms with E-state index in [4.69, 9.17) is 0 Å². The summed E-state index contributed by atoms with van der Waals surface area (Å²) in [6.07, 6.45) is 0. The molecule has 5 nitrogen and oxygen atoms in total. The first-order valence-electron chi connectivity index (χ1n) is 15.0. The van der Waals surface area contributed by atoms with Crippen LogP contribution in [0, 0.1) is 6.92 Å². The molecule has 0 aliphatic rings. The van der Waals surface area contributed by atoms with Crippen molar-refractivity contribution in [3.8, 4) is 62.1 Å². The summed E-state index contributed by atoms with van der Waals surface area (Å²) in [4.78, 5) is 0. The molecule has 0 fully saturated rings. The molecule has 0 amide bonds. The highest BCUT2D eigenvalue weighted by molar-refractivity contribution is 6.22. The maximum absolute atomic E-state index is 10.8. The lowest BCUT2D eigenvalue weighted by Crippen LogP contribution is -1.92. The number of phenolic OH excluding ortho intramolecular Hbond substituents is 5. The van der Waals surface area contributed by atoms with Gasteiger partial charge in [0, 0.05) is 0 Å². The Kier molecular flexibility index (Phi) is 6.05. The molecule has 0 spiro atoms. The molecule has 0 aliphatic carbocycles. The van der Waals surface area contributed by atoms with Gasteiger partial charge in [-0.05, 0) is 90.0 Å². The monoisotopic (exact) mass is 600 g/mol. The van der Waals surface area contributed by atoms with Gasteiger partial charge in [-0.3, -0.25) is 0 Å². The van der Waals surface area contributed by atoms with Gasteiger partial charge in [0.1, 0.15) is 0 Å². The van der Waals surface area contributed by atoms with Crippen molar-refractivity contribution >= 4 is 43.1 Å². The summed E-state index contributed by atoms with van der Waals surface area (Å²) in [7, 11) is 0. The van der Waals surface area contributed by atoms with Crippen LogP contribution in [-0.2, 0) is 0 Å². The van der Waals surface area contributed by atoms with Gasteiger partial charge in [-0.15, -0.1) is 0 Å². The molecule has 0 atom stereocenters. The zero-order chi connectivity index (χ0) is 31.7. The highest BCUT2D eigenvalue weighted by Crippen LogP contribution is 2.55. The summed E-state index contributed by atoms with van der Waals surface area (Å²) in [6, 6.07) is 41.3. The van der Waals surface area contributed by atoms with Gasteiger partial charge in [-0.25, -0.2) is 0 Å². The predicted molar refractivity (Wildman–Crippen MR) is 186 cm³/mol. The number of rotatable bonds is 3. The smallest absolute Gasteiger partial charge is 0.208 e. The third kappa shape index (κ3) is 4.02. The third-order valence-electron chi connectivity index (χ3n) is 9.06. The number of fused-ring (bicyclic) bond motifs is 5. The molecule has 8 rings (SSSR count). The van der Waals surface area contributed by atoms with Crippen LogP contribution in [0.2, 0.25) is 0 Å². The van der Waals surface area contributed by atoms with Crippen molar-refractivity contribution in [3.05, 3.63) is 127 Å². The van der Waals surface area contributed by atoms with E-state index in [2.05, 4.69) is 85.8 Å². The van der Waals surface area contributed by atoms with Crippen molar-refractivity contribution in [1.29, 1.82) is 0 Å². The van der Waals surface area contributed by atoms with E-state index in [1.807, 2.05) is 36.4 Å². The molecule has 0 saturated heterocycles. The zero-order valence-electron chi connectivity index (χ0n) is 24.8. The van der Waals surface area contributed by atoms with Gasteiger partial charge in [0.15, 0.2) is 11.5 Å². The first kappa shape index (κ1) is 27.4. The quantitative estimate of drug-likeness (QED) is 0.0601. The standard InChI is InChI=1S/C41H28O5/c1-22-10-12-24(13-11-22)34-30-8-4-5-9-31(30)35(26-16-18-29-25(20-26)15-14-23-6-2-3-7-28(23)29)33-21-27(17-19-32(33)34)36-37(42)39(44)41(46)40(45)38(36)43/h2-21,42-46H,1H3. The van der Waals surface area contributed by atoms with Crippen LogP contribution < -0.4 is 0 Å². The summed E-state index contributed by atoms with van der Waals surface area (Å²) in [6.45, 7) is 2.06. The van der Waals surface area contributed by atoms with Crippen LogP contribution in [-0.4, -0.2) is 25.5 Å². The second-order valence-corrected chi connectivity index (χ2v) is 11.8. The average Bonchev–Trinajstić information content (AvgIpc) is 3.09. The minimum atomic E-state index is -0.989. The highest BCUT2D eigenvalue weighted by Gasteiger charge is 2.25. The Morgan fingerprint density at radius 3 is 1.46 bits per heavy atom. The van der Waals surface area contributed by atoms with Gasteiger partial charge in [-0.1, -0.05) is 115 Å². The van der Waals surface area contributed by atoms with Crippen LogP contribution in [0.25, 0.3) is 76.5 Å². The van der Waals surface area contributed by atoms with E-state index in [1.54, 1.807) is 6.07 Å². The molecule has 0 unspecified atom stereocenters. The van der Waals surface area contributed by atoms with Gasteiger partial charge >= 0.3 is 0 Å². The van der Waals surface area contributed by atoms with E-state index in [1.165, 1.54) is 10.8 Å². The van der Waals surface area contributed by atoms with Crippen molar-refractivity contribution in [2.24, 2.45) is 0 Å². The van der Waals surface area contributed by atoms with Crippen LogP contribution in [0.5, 0.6) is 28.7 Å². The molecule has 0 saturated carbocycles. The van der Waals surface area contributed by atoms with Gasteiger partial charge in [0.2, 0.25) is 17.2 Å². The zero-order valence-corrected chi connectivity index (χ0v) is 24.8. The molecule has 222 valence electrons. The fraction of sp³-hybridized carbons (Fsp3) is 0.0244. The van der Waals surface area contributed by atoms with E-state index in [0.717, 1.165) is 60.1 Å². The molecule has 5 heteroatoms. The molecular formula is C41H28O5. The lowest BCUT2D eigenvalue weighted by Gasteiger charge is -2.20. The SMILES string of the molecule is Cc1ccc(-c2c3ccccc3c(-c3ccc4c(ccc5ccccc54)c3)c3cc(-c4c(O)c(O)c(O)c(O)c4O)ccc23)cc1. The van der Waals surface area contributed by atoms with E-state index in [-0.39, 0.29) is 5.56 Å². The molecule has 0 heterocycles. The van der Waals surface area contributed by atoms with Gasteiger partial charge in [-0.2, -0.15) is 0 Å². The van der Waals surface area contributed by atoms with Gasteiger partial charge in [0.25, 0.3) is 0 Å². The third-order valence-corrected chi connectivity index (χ3v) is 9.06. The largest absolute Gasteiger partial charge is 0.504 e. The lowest BCUT2D eigenvalue weighted by atomic mass is 9.84. The van der Waals surface area contributed by atoms with E-state index < -0.39 is 28.7 Å². The van der Waals surface area contributed by atoms with Crippen molar-refractivity contribution in [2.75, 3.05) is 0 Å². The van der Waals surface area contributed by atoms with Crippen molar-refractivity contribution < 1.29 is 25.5 Å². The Morgan fingerprint density at radius 1 is 0.326 bits per heavy atom. The fourth-order valence-electron chi connectivity index (χ4n) is 6.80. The number of aryl methyl sites for hydroxylation is 1. The van der Waals surface area contributed by atoms with Gasteiger partial charge < -0.3 is 25.5 Å². The summed E-state index contributed by atoms with van der Waals surface area (Å²) in [5.41, 5.74) is 5.35. The fourth-order valence-corrected chi connectivity index (χ4v) is 6.80. The summed E-state index contributed by atoms with van der Waals surface area (Å²) >= 11 is 0. The molecule has 8 aromatic rings. The molecule has 0 radical (unpaired) electrons. The molecular weight excluding hydrogens is 572 g/mol. The molecule has 8 aromatic carbocycles. The molecule has 0 aliphatic heterocycles. The Morgan fingerprint density at radius 2 is 0.783 bits per heavy atom. The van der Waals surface area contributed by atoms with Crippen molar-refractivity contribution in [3.63, 3.8) is 0 Å². The number of aromatic hydroxyl groups is 5. The molecule has 0 bridgehead atoms. The number of benzene rings is 8. The van der Waals surface area contributed by atoms with E-state index in [0.29, 0.717) is 5.56 Å². The number of hydrogen-bond acceptors (Lipinski definition) is 5. The number of phenols is 5. The summed E-state index contributed by atoms with van der Waals surface area (Å²) in [5.74, 6) is -4.27. The minimum Gasteiger partial charge on any atom is -0.504 e. The summed E-state index contributed by atoms with van der Waals surface area (Å²) in [5, 5.41) is 60.9. The maximum Gasteiger partial charge on any atom is 0.208 e. The van der Waals surface area contributed by atoms with Crippen LogP contribution in [0.1, 0.15) is 5.56 Å². The average molecular weight is 601 g/mol. The Hall–Kier alpha value is -6.20. The summed E-state index contributed by atoms with van der Waals surface area (Å²) < 4.78 is 0. The maximum atomic E-state index is 10.8. The van der Waals surface area contributed by atoms with Crippen LogP contribution >= 0.6 is 0 Å². The normalized spacial score (nSPS) is 11.6. The Labute approximate surface area is 264 Å². The Bertz CT molecular complexity index is 2500. The van der Waals surface area contributed by atoms with Crippen LogP contribution in [0.4, 0.5) is 0 Å². The first-order chi connectivity index (χ1) is 22.3. The van der Waals surface area contributed by atoms with Crippen LogP contribution in [0.15, 0.2) is 121 Å². The van der Waals surface area contributed by atoms with Crippen LogP contribution in [0.3, 0.4) is 0 Å².